The zero-order valence-electron chi connectivity index (χ0n) is 16.5. The topological polar surface area (TPSA) is 55.2 Å². The van der Waals surface area contributed by atoms with Crippen molar-refractivity contribution in [1.29, 1.82) is 0 Å². The third-order valence-electron chi connectivity index (χ3n) is 5.69. The Labute approximate surface area is 168 Å². The average Bonchev–Trinajstić information content (AvgIpc) is 2.76. The minimum Gasteiger partial charge on any atom is -0.336 e. The summed E-state index contributed by atoms with van der Waals surface area (Å²) in [6.07, 6.45) is 5.55. The Kier molecular flexibility index (Phi) is 5.43. The first kappa shape index (κ1) is 19.3. The van der Waals surface area contributed by atoms with Crippen LogP contribution in [0.2, 0.25) is 0 Å². The molecule has 0 aliphatic carbocycles. The van der Waals surface area contributed by atoms with Gasteiger partial charge in [0.2, 0.25) is 0 Å². The summed E-state index contributed by atoms with van der Waals surface area (Å²) in [5, 5.41) is 0.739. The molecule has 150 valence electrons. The second kappa shape index (κ2) is 8.15. The summed E-state index contributed by atoms with van der Waals surface area (Å²) >= 11 is 0. The molecule has 1 saturated heterocycles. The molecule has 1 amide bonds. The number of halogens is 1. The lowest BCUT2D eigenvalue weighted by Crippen LogP contribution is -2.45. The van der Waals surface area contributed by atoms with Gasteiger partial charge >= 0.3 is 0 Å². The van der Waals surface area contributed by atoms with Crippen LogP contribution in [-0.4, -0.2) is 32.9 Å². The van der Waals surface area contributed by atoms with Crippen LogP contribution >= 0.6 is 0 Å². The van der Waals surface area contributed by atoms with E-state index in [1.807, 2.05) is 11.0 Å². The Morgan fingerprint density at radius 3 is 2.76 bits per heavy atom. The summed E-state index contributed by atoms with van der Waals surface area (Å²) in [5.41, 5.74) is 1.11. The Balaban J connectivity index is 1.81. The number of benzene rings is 1. The lowest BCUT2D eigenvalue weighted by molar-refractivity contribution is 0.0606. The van der Waals surface area contributed by atoms with E-state index >= 15 is 0 Å². The number of fused-ring (bicyclic) bond motifs is 1. The highest BCUT2D eigenvalue weighted by molar-refractivity contribution is 5.97. The van der Waals surface area contributed by atoms with Crippen LogP contribution in [0.1, 0.15) is 48.5 Å². The quantitative estimate of drug-likeness (QED) is 0.674. The van der Waals surface area contributed by atoms with Gasteiger partial charge in [0.05, 0.1) is 6.54 Å². The van der Waals surface area contributed by atoms with Crippen molar-refractivity contribution in [3.8, 4) is 0 Å². The number of amides is 1. The molecule has 0 saturated carbocycles. The molecule has 1 unspecified atom stereocenters. The van der Waals surface area contributed by atoms with Crippen LogP contribution in [0.3, 0.4) is 0 Å². The second-order valence-electron chi connectivity index (χ2n) is 7.55. The molecule has 1 aliphatic heterocycles. The number of hydrogen-bond acceptors (Lipinski definition) is 3. The van der Waals surface area contributed by atoms with Gasteiger partial charge < -0.3 is 4.90 Å². The summed E-state index contributed by atoms with van der Waals surface area (Å²) in [6.45, 7) is 2.98. The minimum absolute atomic E-state index is 0.172. The van der Waals surface area contributed by atoms with E-state index in [1.165, 1.54) is 16.7 Å². The Morgan fingerprint density at radius 1 is 1.21 bits per heavy atom. The molecule has 0 spiro atoms. The van der Waals surface area contributed by atoms with Gasteiger partial charge in [-0.25, -0.2) is 9.37 Å². The van der Waals surface area contributed by atoms with Gasteiger partial charge in [-0.15, -0.1) is 0 Å². The van der Waals surface area contributed by atoms with Crippen molar-refractivity contribution >= 4 is 16.9 Å². The van der Waals surface area contributed by atoms with Gasteiger partial charge in [0.25, 0.3) is 11.5 Å². The maximum absolute atomic E-state index is 13.3. The average molecular weight is 393 g/mol. The van der Waals surface area contributed by atoms with Crippen LogP contribution in [0.5, 0.6) is 0 Å². The minimum atomic E-state index is -0.356. The molecule has 4 rings (SSSR count). The van der Waals surface area contributed by atoms with Crippen molar-refractivity contribution in [3.63, 3.8) is 0 Å². The van der Waals surface area contributed by atoms with Gasteiger partial charge in [0.15, 0.2) is 0 Å². The number of pyridine rings is 2. The maximum Gasteiger partial charge on any atom is 0.265 e. The lowest BCUT2D eigenvalue weighted by Gasteiger charge is -2.35. The molecule has 0 N–H and O–H groups in total. The highest BCUT2D eigenvalue weighted by atomic mass is 19.1. The molecule has 29 heavy (non-hydrogen) atoms. The van der Waals surface area contributed by atoms with Crippen LogP contribution < -0.4 is 5.56 Å². The van der Waals surface area contributed by atoms with Crippen LogP contribution in [0, 0.1) is 5.82 Å². The number of carbonyl (C=O) groups is 1. The summed E-state index contributed by atoms with van der Waals surface area (Å²) in [6, 6.07) is 11.5. The first-order valence-corrected chi connectivity index (χ1v) is 10.1. The van der Waals surface area contributed by atoms with Crippen LogP contribution in [-0.2, 0) is 6.54 Å². The summed E-state index contributed by atoms with van der Waals surface area (Å²) in [5.74, 6) is -0.538. The van der Waals surface area contributed by atoms with E-state index < -0.39 is 0 Å². The first-order chi connectivity index (χ1) is 14.1. The summed E-state index contributed by atoms with van der Waals surface area (Å²) in [4.78, 5) is 32.9. The van der Waals surface area contributed by atoms with Crippen LogP contribution in [0.15, 0.2) is 53.5 Å². The molecule has 6 heteroatoms. The highest BCUT2D eigenvalue weighted by Gasteiger charge is 2.28. The fourth-order valence-corrected chi connectivity index (χ4v) is 4.13. The molecular formula is C23H24FN3O2. The van der Waals surface area contributed by atoms with Crippen molar-refractivity contribution in [2.75, 3.05) is 6.54 Å². The molecule has 0 bridgehead atoms. The molecule has 1 aliphatic rings. The Bertz CT molecular complexity index is 1090. The van der Waals surface area contributed by atoms with E-state index in [9.17, 15) is 14.0 Å². The smallest absolute Gasteiger partial charge is 0.265 e. The number of piperidine rings is 1. The highest BCUT2D eigenvalue weighted by Crippen LogP contribution is 2.22. The number of carbonyl (C=O) groups excluding carboxylic acids is 1. The Hall–Kier alpha value is -3.02. The van der Waals surface area contributed by atoms with E-state index in [1.54, 1.807) is 30.5 Å². The second-order valence-corrected chi connectivity index (χ2v) is 7.55. The van der Waals surface area contributed by atoms with Gasteiger partial charge in [-0.05, 0) is 61.6 Å². The zero-order chi connectivity index (χ0) is 20.4. The van der Waals surface area contributed by atoms with Gasteiger partial charge in [0, 0.05) is 24.2 Å². The molecule has 1 atom stereocenters. The van der Waals surface area contributed by atoms with Crippen molar-refractivity contribution in [3.05, 3.63) is 76.0 Å². The molecule has 3 aromatic rings. The monoisotopic (exact) mass is 393 g/mol. The third kappa shape index (κ3) is 3.79. The predicted molar refractivity (Wildman–Crippen MR) is 110 cm³/mol. The fraction of sp³-hybridized carbons (Fsp3) is 0.348. The molecular weight excluding hydrogens is 369 g/mol. The Morgan fingerprint density at radius 2 is 2.00 bits per heavy atom. The van der Waals surface area contributed by atoms with Gasteiger partial charge in [-0.3, -0.25) is 14.2 Å². The number of hydrogen-bond donors (Lipinski definition) is 0. The van der Waals surface area contributed by atoms with E-state index in [2.05, 4.69) is 11.9 Å². The molecule has 5 nitrogen and oxygen atoms in total. The van der Waals surface area contributed by atoms with E-state index in [0.717, 1.165) is 36.6 Å². The fourth-order valence-electron chi connectivity index (χ4n) is 4.13. The van der Waals surface area contributed by atoms with E-state index in [-0.39, 0.29) is 35.4 Å². The summed E-state index contributed by atoms with van der Waals surface area (Å²) in [7, 11) is 0. The van der Waals surface area contributed by atoms with Gasteiger partial charge in [0.1, 0.15) is 17.0 Å². The zero-order valence-corrected chi connectivity index (χ0v) is 16.5. The van der Waals surface area contributed by atoms with Crippen molar-refractivity contribution in [2.45, 2.75) is 45.2 Å². The van der Waals surface area contributed by atoms with E-state index in [4.69, 9.17) is 0 Å². The standard InChI is InChI=1S/C23H24FN3O2/c1-2-19-7-3-4-13-26(19)22(28)20-14-17-6-5-12-25-21(17)27(23(20)29)15-16-8-10-18(24)11-9-16/h5-6,8-12,14,19H,2-4,7,13,15H2,1H3. The number of likely N-dealkylation sites (tertiary alicyclic amines) is 1. The molecule has 2 aromatic heterocycles. The molecule has 3 heterocycles. The maximum atomic E-state index is 13.3. The number of nitrogens with zero attached hydrogens (tertiary/aromatic N) is 3. The van der Waals surface area contributed by atoms with Crippen molar-refractivity contribution < 1.29 is 9.18 Å². The van der Waals surface area contributed by atoms with E-state index in [0.29, 0.717) is 12.2 Å². The lowest BCUT2D eigenvalue weighted by atomic mass is 9.99. The van der Waals surface area contributed by atoms with Gasteiger partial charge in [-0.2, -0.15) is 0 Å². The van der Waals surface area contributed by atoms with Crippen molar-refractivity contribution in [1.82, 2.24) is 14.5 Å². The normalized spacial score (nSPS) is 16.9. The van der Waals surface area contributed by atoms with Gasteiger partial charge in [-0.1, -0.05) is 19.1 Å². The van der Waals surface area contributed by atoms with Crippen LogP contribution in [0.25, 0.3) is 11.0 Å². The molecule has 1 fully saturated rings. The SMILES string of the molecule is CCC1CCCCN1C(=O)c1cc2cccnc2n(Cc2ccc(F)cc2)c1=O. The molecule has 1 aromatic carbocycles. The third-order valence-corrected chi connectivity index (χ3v) is 5.69. The van der Waals surface area contributed by atoms with Crippen molar-refractivity contribution in [2.24, 2.45) is 0 Å². The largest absolute Gasteiger partial charge is 0.336 e. The predicted octanol–water partition coefficient (Wildman–Crippen LogP) is 3.99. The number of aromatic nitrogens is 2. The van der Waals surface area contributed by atoms with Crippen LogP contribution in [0.4, 0.5) is 4.39 Å². The summed E-state index contributed by atoms with van der Waals surface area (Å²) < 4.78 is 14.8. The molecule has 0 radical (unpaired) electrons. The first-order valence-electron chi connectivity index (χ1n) is 10.1. The number of rotatable bonds is 4.